The molecular formula is C18H23N3O2S. The highest BCUT2D eigenvalue weighted by molar-refractivity contribution is 7.99. The van der Waals surface area contributed by atoms with E-state index in [1.54, 1.807) is 6.20 Å². The second-order valence-electron chi connectivity index (χ2n) is 6.39. The van der Waals surface area contributed by atoms with E-state index in [0.717, 1.165) is 23.8 Å². The number of rotatable bonds is 5. The van der Waals surface area contributed by atoms with E-state index in [0.29, 0.717) is 12.3 Å². The number of hydrogen-bond acceptors (Lipinski definition) is 4. The first-order valence-corrected chi connectivity index (χ1v) is 9.19. The van der Waals surface area contributed by atoms with Gasteiger partial charge in [-0.2, -0.15) is 0 Å². The molecule has 1 fully saturated rings. The number of likely N-dealkylation sites (tertiary alicyclic amines) is 1. The molecule has 24 heavy (non-hydrogen) atoms. The fraction of sp³-hybridized carbons (Fsp3) is 0.444. The molecule has 1 aliphatic heterocycles. The molecule has 1 N–H and O–H groups in total. The van der Waals surface area contributed by atoms with Crippen molar-refractivity contribution in [1.29, 1.82) is 0 Å². The first kappa shape index (κ1) is 17.0. The molecule has 1 atom stereocenters. The van der Waals surface area contributed by atoms with Crippen LogP contribution in [-0.2, 0) is 4.79 Å². The van der Waals surface area contributed by atoms with Crippen LogP contribution in [0.2, 0.25) is 0 Å². The predicted octanol–water partition coefficient (Wildman–Crippen LogP) is 2.42. The number of carbonyl (C=O) groups excluding carboxylic acids is 1. The van der Waals surface area contributed by atoms with Gasteiger partial charge in [0.1, 0.15) is 0 Å². The van der Waals surface area contributed by atoms with E-state index < -0.39 is 0 Å². The summed E-state index contributed by atoms with van der Waals surface area (Å²) >= 11 is 1.46. The van der Waals surface area contributed by atoms with Crippen LogP contribution in [0.5, 0.6) is 0 Å². The zero-order valence-electron chi connectivity index (χ0n) is 14.1. The molecule has 0 bridgehead atoms. The summed E-state index contributed by atoms with van der Waals surface area (Å²) in [4.78, 5) is 18.6. The highest BCUT2D eigenvalue weighted by Crippen LogP contribution is 2.23. The lowest BCUT2D eigenvalue weighted by Gasteiger charge is -2.16. The van der Waals surface area contributed by atoms with Crippen molar-refractivity contribution in [3.05, 3.63) is 41.7 Å². The second kappa shape index (κ2) is 7.40. The van der Waals surface area contributed by atoms with Gasteiger partial charge in [0.15, 0.2) is 5.16 Å². The van der Waals surface area contributed by atoms with Crippen LogP contribution in [0.25, 0.3) is 5.69 Å². The van der Waals surface area contributed by atoms with Crippen LogP contribution in [0, 0.1) is 19.8 Å². The van der Waals surface area contributed by atoms with Gasteiger partial charge >= 0.3 is 0 Å². The zero-order chi connectivity index (χ0) is 17.1. The van der Waals surface area contributed by atoms with Gasteiger partial charge < -0.3 is 10.0 Å². The maximum Gasteiger partial charge on any atom is 0.233 e. The van der Waals surface area contributed by atoms with E-state index in [4.69, 9.17) is 0 Å². The first-order valence-electron chi connectivity index (χ1n) is 8.20. The van der Waals surface area contributed by atoms with Gasteiger partial charge in [-0.15, -0.1) is 0 Å². The molecular weight excluding hydrogens is 322 g/mol. The molecule has 0 spiro atoms. The number of aliphatic hydroxyl groups is 1. The summed E-state index contributed by atoms with van der Waals surface area (Å²) in [6.07, 6.45) is 4.59. The van der Waals surface area contributed by atoms with Crippen LogP contribution in [0.15, 0.2) is 35.7 Å². The third-order valence-electron chi connectivity index (χ3n) is 4.31. The van der Waals surface area contributed by atoms with E-state index in [1.807, 2.05) is 15.7 Å². The van der Waals surface area contributed by atoms with Crippen molar-refractivity contribution >= 4 is 17.7 Å². The van der Waals surface area contributed by atoms with E-state index in [-0.39, 0.29) is 18.4 Å². The monoisotopic (exact) mass is 345 g/mol. The SMILES string of the molecule is Cc1cc(C)cc(-n2ccnc2SCC(=O)N2CCC(CO)C2)c1. The van der Waals surface area contributed by atoms with Gasteiger partial charge in [0.25, 0.3) is 0 Å². The lowest BCUT2D eigenvalue weighted by atomic mass is 10.1. The normalized spacial score (nSPS) is 17.5. The minimum absolute atomic E-state index is 0.117. The molecule has 0 saturated carbocycles. The largest absolute Gasteiger partial charge is 0.396 e. The van der Waals surface area contributed by atoms with E-state index in [2.05, 4.69) is 37.0 Å². The van der Waals surface area contributed by atoms with Gasteiger partial charge in [0, 0.05) is 43.7 Å². The van der Waals surface area contributed by atoms with Gasteiger partial charge in [-0.3, -0.25) is 9.36 Å². The van der Waals surface area contributed by atoms with Crippen LogP contribution in [0.1, 0.15) is 17.5 Å². The molecule has 2 aromatic rings. The first-order chi connectivity index (χ1) is 11.6. The Balaban J connectivity index is 1.67. The Kier molecular flexibility index (Phi) is 5.26. The van der Waals surface area contributed by atoms with Crippen molar-refractivity contribution in [1.82, 2.24) is 14.5 Å². The quantitative estimate of drug-likeness (QED) is 0.846. The molecule has 1 amide bonds. The molecule has 6 heteroatoms. The molecule has 1 saturated heterocycles. The van der Waals surface area contributed by atoms with Gasteiger partial charge in [0.05, 0.1) is 5.75 Å². The number of nitrogens with zero attached hydrogens (tertiary/aromatic N) is 3. The van der Waals surface area contributed by atoms with Crippen LogP contribution < -0.4 is 0 Å². The molecule has 0 aliphatic carbocycles. The number of aromatic nitrogens is 2. The number of hydrogen-bond donors (Lipinski definition) is 1. The standard InChI is InChI=1S/C18H23N3O2S/c1-13-7-14(2)9-16(8-13)21-6-4-19-18(21)24-12-17(23)20-5-3-15(10-20)11-22/h4,6-9,15,22H,3,5,10-12H2,1-2H3. The summed E-state index contributed by atoms with van der Waals surface area (Å²) in [6, 6.07) is 6.38. The van der Waals surface area contributed by atoms with E-state index in [1.165, 1.54) is 22.9 Å². The van der Waals surface area contributed by atoms with Crippen LogP contribution >= 0.6 is 11.8 Å². The number of thioether (sulfide) groups is 1. The third kappa shape index (κ3) is 3.82. The summed E-state index contributed by atoms with van der Waals surface area (Å²) in [5.74, 6) is 0.724. The zero-order valence-corrected chi connectivity index (χ0v) is 14.9. The summed E-state index contributed by atoms with van der Waals surface area (Å²) in [6.45, 7) is 5.73. The number of aliphatic hydroxyl groups excluding tert-OH is 1. The molecule has 3 rings (SSSR count). The fourth-order valence-corrected chi connectivity index (χ4v) is 3.98. The third-order valence-corrected chi connectivity index (χ3v) is 5.26. The highest BCUT2D eigenvalue weighted by Gasteiger charge is 2.25. The van der Waals surface area contributed by atoms with Gasteiger partial charge in [-0.25, -0.2) is 4.98 Å². The Bertz CT molecular complexity index is 709. The summed E-state index contributed by atoms with van der Waals surface area (Å²) < 4.78 is 2.03. The second-order valence-corrected chi connectivity index (χ2v) is 7.33. The van der Waals surface area contributed by atoms with Gasteiger partial charge in [0.2, 0.25) is 5.91 Å². The Labute approximate surface area is 146 Å². The Morgan fingerprint density at radius 1 is 1.33 bits per heavy atom. The number of imidazole rings is 1. The fourth-order valence-electron chi connectivity index (χ4n) is 3.11. The van der Waals surface area contributed by atoms with Crippen molar-refractivity contribution in [2.45, 2.75) is 25.4 Å². The van der Waals surface area contributed by atoms with Gasteiger partial charge in [-0.05, 0) is 43.5 Å². The minimum Gasteiger partial charge on any atom is -0.396 e. The number of amides is 1. The Morgan fingerprint density at radius 3 is 2.75 bits per heavy atom. The summed E-state index contributed by atoms with van der Waals surface area (Å²) in [5.41, 5.74) is 3.48. The number of aryl methyl sites for hydroxylation is 2. The van der Waals surface area contributed by atoms with Gasteiger partial charge in [-0.1, -0.05) is 17.8 Å². The molecule has 0 radical (unpaired) electrons. The smallest absolute Gasteiger partial charge is 0.233 e. The lowest BCUT2D eigenvalue weighted by molar-refractivity contribution is -0.127. The van der Waals surface area contributed by atoms with Crippen molar-refractivity contribution in [3.63, 3.8) is 0 Å². The van der Waals surface area contributed by atoms with Crippen molar-refractivity contribution in [2.75, 3.05) is 25.4 Å². The topological polar surface area (TPSA) is 58.4 Å². The summed E-state index contributed by atoms with van der Waals surface area (Å²) in [7, 11) is 0. The number of benzene rings is 1. The molecule has 5 nitrogen and oxygen atoms in total. The van der Waals surface area contributed by atoms with Crippen molar-refractivity contribution in [2.24, 2.45) is 5.92 Å². The van der Waals surface area contributed by atoms with Crippen LogP contribution in [0.4, 0.5) is 0 Å². The maximum atomic E-state index is 12.3. The predicted molar refractivity (Wildman–Crippen MR) is 95.5 cm³/mol. The Hall–Kier alpha value is -1.79. The molecule has 1 aromatic carbocycles. The maximum absolute atomic E-state index is 12.3. The van der Waals surface area contributed by atoms with Crippen molar-refractivity contribution in [3.8, 4) is 5.69 Å². The minimum atomic E-state index is 0.117. The molecule has 1 aliphatic rings. The molecule has 1 unspecified atom stereocenters. The number of carbonyl (C=O) groups is 1. The Morgan fingerprint density at radius 2 is 2.08 bits per heavy atom. The summed E-state index contributed by atoms with van der Waals surface area (Å²) in [5, 5.41) is 10.0. The van der Waals surface area contributed by atoms with Crippen molar-refractivity contribution < 1.29 is 9.90 Å². The highest BCUT2D eigenvalue weighted by atomic mass is 32.2. The molecule has 128 valence electrons. The molecule has 2 heterocycles. The van der Waals surface area contributed by atoms with E-state index >= 15 is 0 Å². The van der Waals surface area contributed by atoms with E-state index in [9.17, 15) is 9.90 Å². The van der Waals surface area contributed by atoms with Crippen LogP contribution in [0.3, 0.4) is 0 Å². The molecule has 1 aromatic heterocycles. The average molecular weight is 345 g/mol. The average Bonchev–Trinajstić information content (AvgIpc) is 3.20. The lowest BCUT2D eigenvalue weighted by Crippen LogP contribution is -2.30. The van der Waals surface area contributed by atoms with Crippen LogP contribution in [-0.4, -0.2) is 50.9 Å².